The van der Waals surface area contributed by atoms with E-state index in [1.54, 1.807) is 0 Å². The molecule has 25 heavy (non-hydrogen) atoms. The van der Waals surface area contributed by atoms with Crippen molar-refractivity contribution in [2.45, 2.75) is 49.6 Å². The van der Waals surface area contributed by atoms with Gasteiger partial charge in [-0.1, -0.05) is 35.2 Å². The summed E-state index contributed by atoms with van der Waals surface area (Å²) in [6.07, 6.45) is 3.47. The minimum absolute atomic E-state index is 0.125. The highest BCUT2D eigenvalue weighted by molar-refractivity contribution is 8.02. The Morgan fingerprint density at radius 1 is 1.24 bits per heavy atom. The molecule has 0 unspecified atom stereocenters. The molecule has 1 aliphatic rings. The lowest BCUT2D eigenvalue weighted by atomic mass is 10.1. The average Bonchev–Trinajstić information content (AvgIpc) is 3.06. The van der Waals surface area contributed by atoms with Crippen LogP contribution in [0.2, 0.25) is 0 Å². The molecule has 1 aromatic heterocycles. The van der Waals surface area contributed by atoms with Crippen LogP contribution in [0.5, 0.6) is 0 Å². The van der Waals surface area contributed by atoms with E-state index in [1.165, 1.54) is 40.6 Å². The van der Waals surface area contributed by atoms with Gasteiger partial charge in [0.05, 0.1) is 5.25 Å². The van der Waals surface area contributed by atoms with Crippen molar-refractivity contribution in [1.82, 2.24) is 15.1 Å². The zero-order chi connectivity index (χ0) is 17.8. The van der Waals surface area contributed by atoms with E-state index in [9.17, 15) is 4.79 Å². The zero-order valence-electron chi connectivity index (χ0n) is 14.9. The maximum absolute atomic E-state index is 12.5. The third-order valence-electron chi connectivity index (χ3n) is 4.55. The molecule has 1 amide bonds. The van der Waals surface area contributed by atoms with Gasteiger partial charge in [-0.15, -0.1) is 10.2 Å². The van der Waals surface area contributed by atoms with Crippen molar-refractivity contribution in [3.63, 3.8) is 0 Å². The van der Waals surface area contributed by atoms with Gasteiger partial charge in [0.25, 0.3) is 0 Å². The van der Waals surface area contributed by atoms with Crippen LogP contribution < -0.4 is 5.32 Å². The summed E-state index contributed by atoms with van der Waals surface area (Å²) >= 11 is 2.99. The van der Waals surface area contributed by atoms with Crippen LogP contribution in [0.15, 0.2) is 22.5 Å². The first-order chi connectivity index (χ1) is 12.0. The molecule has 1 fully saturated rings. The van der Waals surface area contributed by atoms with Crippen molar-refractivity contribution in [1.29, 1.82) is 0 Å². The summed E-state index contributed by atoms with van der Waals surface area (Å²) in [6, 6.07) is 6.16. The van der Waals surface area contributed by atoms with Crippen molar-refractivity contribution in [2.75, 3.05) is 18.4 Å². The Bertz CT molecular complexity index is 740. The molecular weight excluding hydrogens is 352 g/mol. The number of carbonyl (C=O) groups excluding carboxylic acids is 1. The maximum atomic E-state index is 12.5. The number of aromatic nitrogens is 2. The van der Waals surface area contributed by atoms with Crippen LogP contribution in [0.1, 0.15) is 37.3 Å². The fraction of sp³-hybridized carbons (Fsp3) is 0.500. The number of piperidine rings is 1. The lowest BCUT2D eigenvalue weighted by Crippen LogP contribution is -2.40. The Labute approximate surface area is 157 Å². The number of nitrogens with zero attached hydrogens (tertiary/aromatic N) is 3. The Morgan fingerprint density at radius 2 is 2.00 bits per heavy atom. The lowest BCUT2D eigenvalue weighted by Gasteiger charge is -2.28. The van der Waals surface area contributed by atoms with Crippen LogP contribution >= 0.6 is 23.1 Å². The largest absolute Gasteiger partial charge is 0.342 e. The van der Waals surface area contributed by atoms with Crippen molar-refractivity contribution < 1.29 is 4.79 Å². The highest BCUT2D eigenvalue weighted by atomic mass is 32.2. The molecule has 1 N–H and O–H groups in total. The summed E-state index contributed by atoms with van der Waals surface area (Å²) in [5.74, 6) is 0.212. The second-order valence-corrected chi connectivity index (χ2v) is 8.96. The van der Waals surface area contributed by atoms with Gasteiger partial charge in [0.15, 0.2) is 4.34 Å². The first-order valence-electron chi connectivity index (χ1n) is 8.67. The zero-order valence-corrected chi connectivity index (χ0v) is 16.5. The van der Waals surface area contributed by atoms with E-state index in [0.29, 0.717) is 0 Å². The smallest absolute Gasteiger partial charge is 0.235 e. The van der Waals surface area contributed by atoms with Gasteiger partial charge in [0, 0.05) is 18.8 Å². The predicted molar refractivity (Wildman–Crippen MR) is 105 cm³/mol. The SMILES string of the molecule is Cc1cccc(Nc2nnc(S[C@H](C)C(=O)N3CCCCC3)s2)c1C. The van der Waals surface area contributed by atoms with Gasteiger partial charge in [0.2, 0.25) is 11.0 Å². The monoisotopic (exact) mass is 376 g/mol. The summed E-state index contributed by atoms with van der Waals surface area (Å²) in [5.41, 5.74) is 3.50. The number of thioether (sulfide) groups is 1. The van der Waals surface area contributed by atoms with E-state index in [0.717, 1.165) is 41.1 Å². The number of carbonyl (C=O) groups is 1. The van der Waals surface area contributed by atoms with Crippen molar-refractivity contribution in [3.8, 4) is 0 Å². The molecule has 2 heterocycles. The Morgan fingerprint density at radius 3 is 2.76 bits per heavy atom. The van der Waals surface area contributed by atoms with Gasteiger partial charge in [-0.05, 0) is 57.2 Å². The molecule has 2 aromatic rings. The molecule has 0 spiro atoms. The van der Waals surface area contributed by atoms with E-state index in [2.05, 4.69) is 35.4 Å². The summed E-state index contributed by atoms with van der Waals surface area (Å²) in [6.45, 7) is 7.92. The van der Waals surface area contributed by atoms with Gasteiger partial charge >= 0.3 is 0 Å². The standard InChI is InChI=1S/C18H24N4OS2/c1-12-8-7-9-15(13(12)2)19-17-20-21-18(25-17)24-14(3)16(23)22-10-5-4-6-11-22/h7-9,14H,4-6,10-11H2,1-3H3,(H,19,20)/t14-/m1/s1. The predicted octanol–water partition coefficient (Wildman–Crippen LogP) is 4.39. The minimum atomic E-state index is -0.125. The van der Waals surface area contributed by atoms with Crippen LogP contribution in [-0.2, 0) is 4.79 Å². The van der Waals surface area contributed by atoms with Gasteiger partial charge in [-0.25, -0.2) is 0 Å². The number of nitrogens with one attached hydrogen (secondary N) is 1. The lowest BCUT2D eigenvalue weighted by molar-refractivity contribution is -0.131. The van der Waals surface area contributed by atoms with Gasteiger partial charge in [-0.3, -0.25) is 4.79 Å². The van der Waals surface area contributed by atoms with E-state index in [4.69, 9.17) is 0 Å². The average molecular weight is 377 g/mol. The number of aryl methyl sites for hydroxylation is 1. The number of amides is 1. The Kier molecular flexibility index (Phi) is 5.96. The fourth-order valence-electron chi connectivity index (χ4n) is 2.88. The molecule has 1 aromatic carbocycles. The van der Waals surface area contributed by atoms with E-state index in [1.807, 2.05) is 24.0 Å². The second kappa shape index (κ2) is 8.19. The molecule has 0 bridgehead atoms. The maximum Gasteiger partial charge on any atom is 0.235 e. The van der Waals surface area contributed by atoms with Gasteiger partial charge in [0.1, 0.15) is 0 Å². The Balaban J connectivity index is 1.61. The molecule has 1 saturated heterocycles. The number of rotatable bonds is 5. The summed E-state index contributed by atoms with van der Waals surface area (Å²) < 4.78 is 0.825. The van der Waals surface area contributed by atoms with Crippen LogP contribution in [0, 0.1) is 13.8 Å². The quantitative estimate of drug-likeness (QED) is 0.784. The third-order valence-corrected chi connectivity index (χ3v) is 6.56. The topological polar surface area (TPSA) is 58.1 Å². The molecule has 134 valence electrons. The van der Waals surface area contributed by atoms with E-state index in [-0.39, 0.29) is 11.2 Å². The number of likely N-dealkylation sites (tertiary alicyclic amines) is 1. The van der Waals surface area contributed by atoms with Gasteiger partial charge in [-0.2, -0.15) is 0 Å². The number of hydrogen-bond donors (Lipinski definition) is 1. The number of benzene rings is 1. The second-order valence-electron chi connectivity index (χ2n) is 6.39. The Hall–Kier alpha value is -1.60. The first kappa shape index (κ1) is 18.2. The van der Waals surface area contributed by atoms with Gasteiger partial charge < -0.3 is 10.2 Å². The molecule has 3 rings (SSSR count). The van der Waals surface area contributed by atoms with E-state index >= 15 is 0 Å². The number of anilines is 2. The summed E-state index contributed by atoms with van der Waals surface area (Å²) in [5, 5.41) is 12.4. The fourth-order valence-corrected chi connectivity index (χ4v) is 4.87. The van der Waals surface area contributed by atoms with Crippen molar-refractivity contribution >= 4 is 39.8 Å². The third kappa shape index (κ3) is 4.52. The summed E-state index contributed by atoms with van der Waals surface area (Å²) in [7, 11) is 0. The summed E-state index contributed by atoms with van der Waals surface area (Å²) in [4.78, 5) is 14.5. The van der Waals surface area contributed by atoms with Crippen molar-refractivity contribution in [3.05, 3.63) is 29.3 Å². The molecule has 0 saturated carbocycles. The molecule has 0 aliphatic carbocycles. The molecule has 5 nitrogen and oxygen atoms in total. The molecule has 7 heteroatoms. The van der Waals surface area contributed by atoms with E-state index < -0.39 is 0 Å². The van der Waals surface area contributed by atoms with Crippen molar-refractivity contribution in [2.24, 2.45) is 0 Å². The van der Waals surface area contributed by atoms with Crippen LogP contribution in [0.4, 0.5) is 10.8 Å². The number of hydrogen-bond acceptors (Lipinski definition) is 6. The van der Waals surface area contributed by atoms with Crippen LogP contribution in [0.25, 0.3) is 0 Å². The first-order valence-corrected chi connectivity index (χ1v) is 10.4. The molecule has 1 aliphatic heterocycles. The molecule has 0 radical (unpaired) electrons. The highest BCUT2D eigenvalue weighted by Crippen LogP contribution is 2.32. The highest BCUT2D eigenvalue weighted by Gasteiger charge is 2.24. The van der Waals surface area contributed by atoms with Crippen LogP contribution in [0.3, 0.4) is 0 Å². The molecule has 1 atom stereocenters. The minimum Gasteiger partial charge on any atom is -0.342 e. The molecular formula is C18H24N4OS2. The van der Waals surface area contributed by atoms with Crippen LogP contribution in [-0.4, -0.2) is 39.3 Å². The normalized spacial score (nSPS) is 15.9.